The molecule has 100 valence electrons. The van der Waals surface area contributed by atoms with Crippen LogP contribution in [-0.4, -0.2) is 31.1 Å². The van der Waals surface area contributed by atoms with Gasteiger partial charge in [-0.05, 0) is 51.1 Å². The summed E-state index contributed by atoms with van der Waals surface area (Å²) in [7, 11) is 2.22. The van der Waals surface area contributed by atoms with E-state index in [9.17, 15) is 0 Å². The Labute approximate surface area is 119 Å². The average Bonchev–Trinajstić information content (AvgIpc) is 2.30. The maximum atomic E-state index is 5.97. The Bertz CT molecular complexity index is 375. The quantitative estimate of drug-likeness (QED) is 0.889. The zero-order chi connectivity index (χ0) is 13.0. The standard InChI is InChI=1S/C14H20Cl2N2/c1-18-7-3-2-4-14(18)5-6-17-13-9-11(15)8-12(16)10-13/h8-10,14,17H,2-7H2,1H3. The van der Waals surface area contributed by atoms with E-state index in [4.69, 9.17) is 23.2 Å². The molecule has 1 aromatic rings. The molecule has 1 aliphatic rings. The molecule has 0 radical (unpaired) electrons. The molecule has 1 atom stereocenters. The van der Waals surface area contributed by atoms with Crippen molar-refractivity contribution >= 4 is 28.9 Å². The highest BCUT2D eigenvalue weighted by atomic mass is 35.5. The third-order valence-corrected chi connectivity index (χ3v) is 4.03. The summed E-state index contributed by atoms with van der Waals surface area (Å²) in [5, 5.41) is 4.76. The number of hydrogen-bond donors (Lipinski definition) is 1. The fraction of sp³-hybridized carbons (Fsp3) is 0.571. The summed E-state index contributed by atoms with van der Waals surface area (Å²) >= 11 is 11.9. The van der Waals surface area contributed by atoms with Gasteiger partial charge >= 0.3 is 0 Å². The van der Waals surface area contributed by atoms with Crippen LogP contribution in [0.2, 0.25) is 10.0 Å². The highest BCUT2D eigenvalue weighted by molar-refractivity contribution is 6.35. The second-order valence-electron chi connectivity index (χ2n) is 5.00. The molecule has 18 heavy (non-hydrogen) atoms. The lowest BCUT2D eigenvalue weighted by atomic mass is 10.0. The van der Waals surface area contributed by atoms with Crippen molar-refractivity contribution in [3.05, 3.63) is 28.2 Å². The number of nitrogens with zero attached hydrogens (tertiary/aromatic N) is 1. The molecule has 0 amide bonds. The van der Waals surface area contributed by atoms with Crippen molar-refractivity contribution < 1.29 is 0 Å². The van der Waals surface area contributed by atoms with Crippen LogP contribution in [-0.2, 0) is 0 Å². The molecule has 0 saturated carbocycles. The zero-order valence-electron chi connectivity index (χ0n) is 10.8. The van der Waals surface area contributed by atoms with Gasteiger partial charge in [-0.3, -0.25) is 0 Å². The molecule has 1 N–H and O–H groups in total. The van der Waals surface area contributed by atoms with Crippen molar-refractivity contribution in [3.63, 3.8) is 0 Å². The van der Waals surface area contributed by atoms with Gasteiger partial charge in [-0.15, -0.1) is 0 Å². The Kier molecular flexibility index (Phi) is 5.16. The molecule has 0 aromatic heterocycles. The minimum atomic E-state index is 0.680. The Balaban J connectivity index is 1.80. The highest BCUT2D eigenvalue weighted by Crippen LogP contribution is 2.23. The number of anilines is 1. The Morgan fingerprint density at radius 3 is 2.61 bits per heavy atom. The molecule has 1 unspecified atom stereocenters. The van der Waals surface area contributed by atoms with Crippen LogP contribution in [0.25, 0.3) is 0 Å². The third kappa shape index (κ3) is 4.04. The number of rotatable bonds is 4. The molecule has 1 saturated heterocycles. The summed E-state index contributed by atoms with van der Waals surface area (Å²) in [5.41, 5.74) is 1.01. The maximum Gasteiger partial charge on any atom is 0.0441 e. The van der Waals surface area contributed by atoms with E-state index >= 15 is 0 Å². The van der Waals surface area contributed by atoms with Gasteiger partial charge in [0.1, 0.15) is 0 Å². The predicted molar refractivity (Wildman–Crippen MR) is 79.8 cm³/mol. The van der Waals surface area contributed by atoms with Crippen LogP contribution in [0, 0.1) is 0 Å². The van der Waals surface area contributed by atoms with Gasteiger partial charge in [0, 0.05) is 28.3 Å². The molecule has 0 spiro atoms. The fourth-order valence-electron chi connectivity index (χ4n) is 2.55. The molecular weight excluding hydrogens is 267 g/mol. The Morgan fingerprint density at radius 2 is 1.94 bits per heavy atom. The monoisotopic (exact) mass is 286 g/mol. The van der Waals surface area contributed by atoms with Crippen LogP contribution in [0.4, 0.5) is 5.69 Å². The third-order valence-electron chi connectivity index (χ3n) is 3.59. The number of likely N-dealkylation sites (tertiary alicyclic amines) is 1. The van der Waals surface area contributed by atoms with Gasteiger partial charge < -0.3 is 10.2 Å². The van der Waals surface area contributed by atoms with E-state index in [0.717, 1.165) is 12.2 Å². The van der Waals surface area contributed by atoms with Crippen LogP contribution < -0.4 is 5.32 Å². The van der Waals surface area contributed by atoms with Crippen LogP contribution in [0.3, 0.4) is 0 Å². The summed E-state index contributed by atoms with van der Waals surface area (Å²) in [5.74, 6) is 0. The number of benzene rings is 1. The molecule has 1 aliphatic heterocycles. The van der Waals surface area contributed by atoms with Gasteiger partial charge in [-0.25, -0.2) is 0 Å². The molecule has 2 nitrogen and oxygen atoms in total. The molecule has 0 aliphatic carbocycles. The van der Waals surface area contributed by atoms with E-state index in [1.165, 1.54) is 32.2 Å². The van der Waals surface area contributed by atoms with Crippen molar-refractivity contribution in [3.8, 4) is 0 Å². The lowest BCUT2D eigenvalue weighted by Crippen LogP contribution is -2.37. The second kappa shape index (κ2) is 6.65. The first-order chi connectivity index (χ1) is 8.65. The van der Waals surface area contributed by atoms with Crippen molar-refractivity contribution in [2.45, 2.75) is 31.7 Å². The van der Waals surface area contributed by atoms with Crippen molar-refractivity contribution in [2.75, 3.05) is 25.5 Å². The minimum absolute atomic E-state index is 0.680. The van der Waals surface area contributed by atoms with E-state index in [2.05, 4.69) is 17.3 Å². The first kappa shape index (κ1) is 14.0. The lowest BCUT2D eigenvalue weighted by molar-refractivity contribution is 0.179. The van der Waals surface area contributed by atoms with Gasteiger partial charge in [0.2, 0.25) is 0 Å². The summed E-state index contributed by atoms with van der Waals surface area (Å²) < 4.78 is 0. The van der Waals surface area contributed by atoms with E-state index < -0.39 is 0 Å². The Morgan fingerprint density at radius 1 is 1.22 bits per heavy atom. The van der Waals surface area contributed by atoms with E-state index in [1.54, 1.807) is 6.07 Å². The van der Waals surface area contributed by atoms with Crippen LogP contribution in [0.15, 0.2) is 18.2 Å². The van der Waals surface area contributed by atoms with Gasteiger partial charge in [0.05, 0.1) is 0 Å². The normalized spacial score (nSPS) is 20.9. The van der Waals surface area contributed by atoms with Gasteiger partial charge in [-0.1, -0.05) is 29.6 Å². The summed E-state index contributed by atoms with van der Waals surface area (Å²) in [4.78, 5) is 2.47. The predicted octanol–water partition coefficient (Wildman–Crippen LogP) is 4.28. The minimum Gasteiger partial charge on any atom is -0.385 e. The molecule has 4 heteroatoms. The zero-order valence-corrected chi connectivity index (χ0v) is 12.3. The van der Waals surface area contributed by atoms with E-state index in [0.29, 0.717) is 16.1 Å². The topological polar surface area (TPSA) is 15.3 Å². The molecule has 0 bridgehead atoms. The molecular formula is C14H20Cl2N2. The highest BCUT2D eigenvalue weighted by Gasteiger charge is 2.17. The molecule has 1 heterocycles. The number of nitrogens with one attached hydrogen (secondary N) is 1. The number of halogens is 2. The first-order valence-electron chi connectivity index (χ1n) is 6.55. The van der Waals surface area contributed by atoms with Crippen LogP contribution in [0.5, 0.6) is 0 Å². The van der Waals surface area contributed by atoms with Crippen molar-refractivity contribution in [1.82, 2.24) is 4.90 Å². The first-order valence-corrected chi connectivity index (χ1v) is 7.31. The lowest BCUT2D eigenvalue weighted by Gasteiger charge is -2.32. The summed E-state index contributed by atoms with van der Waals surface area (Å²) in [6, 6.07) is 6.29. The van der Waals surface area contributed by atoms with Gasteiger partial charge in [0.25, 0.3) is 0 Å². The summed E-state index contributed by atoms with van der Waals surface area (Å²) in [6.07, 6.45) is 5.18. The average molecular weight is 287 g/mol. The van der Waals surface area contributed by atoms with Crippen molar-refractivity contribution in [2.24, 2.45) is 0 Å². The molecule has 2 rings (SSSR count). The molecule has 1 fully saturated rings. The Hall–Kier alpha value is -0.440. The van der Waals surface area contributed by atoms with Crippen molar-refractivity contribution in [1.29, 1.82) is 0 Å². The maximum absolute atomic E-state index is 5.97. The summed E-state index contributed by atoms with van der Waals surface area (Å²) in [6.45, 7) is 2.19. The fourth-order valence-corrected chi connectivity index (χ4v) is 3.07. The number of hydrogen-bond acceptors (Lipinski definition) is 2. The smallest absolute Gasteiger partial charge is 0.0441 e. The second-order valence-corrected chi connectivity index (χ2v) is 5.88. The number of piperidine rings is 1. The SMILES string of the molecule is CN1CCCCC1CCNc1cc(Cl)cc(Cl)c1. The molecule has 1 aromatic carbocycles. The largest absolute Gasteiger partial charge is 0.385 e. The van der Waals surface area contributed by atoms with Gasteiger partial charge in [0.15, 0.2) is 0 Å². The van der Waals surface area contributed by atoms with Crippen LogP contribution >= 0.6 is 23.2 Å². The van der Waals surface area contributed by atoms with E-state index in [-0.39, 0.29) is 0 Å². The van der Waals surface area contributed by atoms with E-state index in [1.807, 2.05) is 12.1 Å². The van der Waals surface area contributed by atoms with Crippen LogP contribution in [0.1, 0.15) is 25.7 Å². The van der Waals surface area contributed by atoms with Gasteiger partial charge in [-0.2, -0.15) is 0 Å².